The minimum atomic E-state index is -0.940. The molecule has 1 atom stereocenters. The monoisotopic (exact) mass is 460 g/mol. The van der Waals surface area contributed by atoms with Crippen molar-refractivity contribution in [2.75, 3.05) is 4.90 Å². The van der Waals surface area contributed by atoms with Gasteiger partial charge < -0.3 is 10.1 Å². The third-order valence-corrected chi connectivity index (χ3v) is 6.12. The number of amides is 1. The summed E-state index contributed by atoms with van der Waals surface area (Å²) >= 11 is 6.61. The van der Waals surface area contributed by atoms with Crippen molar-refractivity contribution in [2.24, 2.45) is 5.41 Å². The third-order valence-electron chi connectivity index (χ3n) is 5.82. The molecule has 0 saturated carbocycles. The van der Waals surface area contributed by atoms with Gasteiger partial charge in [0.15, 0.2) is 11.5 Å². The number of hydrogen-bond donors (Lipinski definition) is 2. The highest BCUT2D eigenvalue weighted by Crippen LogP contribution is 2.45. The van der Waals surface area contributed by atoms with Crippen molar-refractivity contribution < 1.29 is 14.7 Å². The molecule has 0 fully saturated rings. The number of Topliss-reactive ketones (excluding diaryl/α,β-unsaturated/α-hetero) is 1. The van der Waals surface area contributed by atoms with Crippen LogP contribution in [0, 0.1) is 5.41 Å². The molecule has 2 aromatic carbocycles. The Morgan fingerprint density at radius 2 is 1.88 bits per heavy atom. The van der Waals surface area contributed by atoms with E-state index in [0.717, 1.165) is 10.9 Å². The maximum atomic E-state index is 13.5. The number of carbonyl (C=O) groups is 2. The van der Waals surface area contributed by atoms with E-state index in [1.807, 2.05) is 30.3 Å². The normalized spacial score (nSPS) is 16.9. The number of anilines is 1. The Morgan fingerprint density at radius 3 is 2.64 bits per heavy atom. The van der Waals surface area contributed by atoms with E-state index in [1.165, 1.54) is 4.90 Å². The lowest BCUT2D eigenvalue weighted by molar-refractivity contribution is -0.123. The first kappa shape index (κ1) is 21.2. The van der Waals surface area contributed by atoms with E-state index in [-0.39, 0.29) is 16.5 Å². The van der Waals surface area contributed by atoms with Crippen molar-refractivity contribution in [3.8, 4) is 0 Å². The summed E-state index contributed by atoms with van der Waals surface area (Å²) in [5.74, 6) is -1.59. The van der Waals surface area contributed by atoms with Crippen LogP contribution in [0.25, 0.3) is 21.9 Å². The van der Waals surface area contributed by atoms with Crippen molar-refractivity contribution in [3.05, 3.63) is 76.9 Å². The lowest BCUT2D eigenvalue weighted by atomic mass is 9.82. The highest BCUT2D eigenvalue weighted by atomic mass is 35.5. The number of ketones is 1. The molecule has 1 amide bonds. The number of rotatable bonds is 3. The number of H-pyrrole nitrogens is 1. The number of carbonyl (C=O) groups excluding carboxylic acids is 2. The molecular weight excluding hydrogens is 440 g/mol. The molecule has 0 bridgehead atoms. The van der Waals surface area contributed by atoms with Crippen LogP contribution >= 0.6 is 11.6 Å². The number of aromatic nitrogens is 3. The summed E-state index contributed by atoms with van der Waals surface area (Å²) in [6.07, 6.45) is 1.56. The molecule has 5 rings (SSSR count). The fourth-order valence-electron chi connectivity index (χ4n) is 4.17. The standard InChI is InChI=1S/C25H21ClN4O3/c1-25(2,3)22(32)19-20(15-10-13-6-4-5-7-16(13)29-23(15)26)30(24(33)21(19)31)14-8-9-17-18(11-14)28-12-27-17/h4-12,20,31H,1-3H3,(H,27,28). The van der Waals surface area contributed by atoms with E-state index in [2.05, 4.69) is 15.0 Å². The minimum absolute atomic E-state index is 0.00797. The van der Waals surface area contributed by atoms with Crippen molar-refractivity contribution >= 4 is 50.9 Å². The molecule has 0 spiro atoms. The average Bonchev–Trinajstić information content (AvgIpc) is 3.34. The number of pyridine rings is 1. The highest BCUT2D eigenvalue weighted by molar-refractivity contribution is 6.31. The number of aliphatic hydroxyl groups excluding tert-OH is 1. The second kappa shape index (κ2) is 7.42. The second-order valence-corrected chi connectivity index (χ2v) is 9.44. The van der Waals surface area contributed by atoms with Crippen LogP contribution in [0.5, 0.6) is 0 Å². The van der Waals surface area contributed by atoms with Gasteiger partial charge in [-0.2, -0.15) is 0 Å². The fourth-order valence-corrected chi connectivity index (χ4v) is 4.42. The summed E-state index contributed by atoms with van der Waals surface area (Å²) in [6.45, 7) is 5.24. The number of halogens is 1. The maximum absolute atomic E-state index is 13.5. The van der Waals surface area contributed by atoms with Gasteiger partial charge in [0.05, 0.1) is 34.5 Å². The molecule has 166 valence electrons. The SMILES string of the molecule is CC(C)(C)C(=O)C1=C(O)C(=O)N(c2ccc3[nH]cnc3c2)C1c1cc2ccccc2nc1Cl. The lowest BCUT2D eigenvalue weighted by Gasteiger charge is -2.29. The molecule has 2 N–H and O–H groups in total. The number of fused-ring (bicyclic) bond motifs is 2. The van der Waals surface area contributed by atoms with E-state index < -0.39 is 23.1 Å². The predicted octanol–water partition coefficient (Wildman–Crippen LogP) is 5.28. The van der Waals surface area contributed by atoms with E-state index in [9.17, 15) is 14.7 Å². The highest BCUT2D eigenvalue weighted by Gasteiger charge is 2.47. The number of benzene rings is 2. The Balaban J connectivity index is 1.76. The van der Waals surface area contributed by atoms with Gasteiger partial charge in [-0.25, -0.2) is 9.97 Å². The van der Waals surface area contributed by atoms with Crippen LogP contribution in [0.3, 0.4) is 0 Å². The van der Waals surface area contributed by atoms with Crippen molar-refractivity contribution in [2.45, 2.75) is 26.8 Å². The molecule has 4 aromatic rings. The number of aliphatic hydroxyl groups is 1. The zero-order chi connectivity index (χ0) is 23.5. The Bertz CT molecular complexity index is 1480. The number of aromatic amines is 1. The van der Waals surface area contributed by atoms with E-state index in [4.69, 9.17) is 11.6 Å². The molecule has 33 heavy (non-hydrogen) atoms. The molecule has 1 aliphatic heterocycles. The Labute approximate surface area is 194 Å². The zero-order valence-corrected chi connectivity index (χ0v) is 19.0. The first-order valence-electron chi connectivity index (χ1n) is 10.5. The summed E-state index contributed by atoms with van der Waals surface area (Å²) < 4.78 is 0. The number of nitrogens with one attached hydrogen (secondary N) is 1. The summed E-state index contributed by atoms with van der Waals surface area (Å²) in [6, 6.07) is 13.6. The van der Waals surface area contributed by atoms with Gasteiger partial charge in [0.25, 0.3) is 5.91 Å². The number of imidazole rings is 1. The van der Waals surface area contributed by atoms with E-state index in [0.29, 0.717) is 22.3 Å². The van der Waals surface area contributed by atoms with Crippen LogP contribution in [0.4, 0.5) is 5.69 Å². The van der Waals surface area contributed by atoms with Crippen LogP contribution in [0.1, 0.15) is 32.4 Å². The molecular formula is C25H21ClN4O3. The van der Waals surface area contributed by atoms with Gasteiger partial charge in [-0.05, 0) is 30.3 Å². The summed E-state index contributed by atoms with van der Waals surface area (Å²) in [5, 5.41) is 11.9. The Hall–Kier alpha value is -3.71. The van der Waals surface area contributed by atoms with Gasteiger partial charge in [-0.15, -0.1) is 0 Å². The van der Waals surface area contributed by atoms with Crippen LogP contribution < -0.4 is 4.90 Å². The van der Waals surface area contributed by atoms with Crippen molar-refractivity contribution in [1.82, 2.24) is 15.0 Å². The molecule has 7 nitrogen and oxygen atoms in total. The molecule has 0 saturated heterocycles. The predicted molar refractivity (Wildman–Crippen MR) is 127 cm³/mol. The van der Waals surface area contributed by atoms with Crippen LogP contribution in [-0.2, 0) is 9.59 Å². The first-order valence-corrected chi connectivity index (χ1v) is 10.8. The molecule has 3 heterocycles. The lowest BCUT2D eigenvalue weighted by Crippen LogP contribution is -2.33. The molecule has 0 radical (unpaired) electrons. The summed E-state index contributed by atoms with van der Waals surface area (Å²) in [5.41, 5.74) is 2.26. The Kier molecular flexibility index (Phi) is 4.76. The van der Waals surface area contributed by atoms with Gasteiger partial charge in [0.1, 0.15) is 5.15 Å². The van der Waals surface area contributed by atoms with Gasteiger partial charge in [0, 0.05) is 22.1 Å². The molecule has 8 heteroatoms. The van der Waals surface area contributed by atoms with Crippen LogP contribution in [-0.4, -0.2) is 31.7 Å². The maximum Gasteiger partial charge on any atom is 0.294 e. The van der Waals surface area contributed by atoms with Gasteiger partial charge in [-0.3, -0.25) is 14.5 Å². The molecule has 2 aromatic heterocycles. The van der Waals surface area contributed by atoms with Crippen LogP contribution in [0.15, 0.2) is 66.2 Å². The number of hydrogen-bond acceptors (Lipinski definition) is 5. The van der Waals surface area contributed by atoms with Gasteiger partial charge in [0.2, 0.25) is 0 Å². The zero-order valence-electron chi connectivity index (χ0n) is 18.3. The van der Waals surface area contributed by atoms with Gasteiger partial charge >= 0.3 is 0 Å². The second-order valence-electron chi connectivity index (χ2n) is 9.08. The minimum Gasteiger partial charge on any atom is -0.503 e. The van der Waals surface area contributed by atoms with E-state index in [1.54, 1.807) is 45.3 Å². The third kappa shape index (κ3) is 3.36. The Morgan fingerprint density at radius 1 is 1.12 bits per heavy atom. The molecule has 1 unspecified atom stereocenters. The van der Waals surface area contributed by atoms with Gasteiger partial charge in [-0.1, -0.05) is 50.6 Å². The molecule has 1 aliphatic rings. The summed E-state index contributed by atoms with van der Waals surface area (Å²) in [7, 11) is 0. The largest absolute Gasteiger partial charge is 0.503 e. The summed E-state index contributed by atoms with van der Waals surface area (Å²) in [4.78, 5) is 40.0. The number of para-hydroxylation sites is 1. The first-order chi connectivity index (χ1) is 15.7. The number of nitrogens with zero attached hydrogens (tertiary/aromatic N) is 3. The smallest absolute Gasteiger partial charge is 0.294 e. The van der Waals surface area contributed by atoms with Crippen molar-refractivity contribution in [3.63, 3.8) is 0 Å². The topological polar surface area (TPSA) is 99.2 Å². The fraction of sp³-hybridized carbons (Fsp3) is 0.200. The van der Waals surface area contributed by atoms with E-state index >= 15 is 0 Å². The van der Waals surface area contributed by atoms with Crippen molar-refractivity contribution in [1.29, 1.82) is 0 Å². The quantitative estimate of drug-likeness (QED) is 0.405. The van der Waals surface area contributed by atoms with Crippen LogP contribution in [0.2, 0.25) is 5.15 Å². The average molecular weight is 461 g/mol. The molecule has 0 aliphatic carbocycles.